The molecule has 0 fully saturated rings. The monoisotopic (exact) mass is 490 g/mol. The molecule has 1 N–H and O–H groups in total. The Labute approximate surface area is 207 Å². The molecule has 0 aliphatic heterocycles. The molecule has 0 unspecified atom stereocenters. The van der Waals surface area contributed by atoms with Gasteiger partial charge in [0.1, 0.15) is 5.82 Å². The summed E-state index contributed by atoms with van der Waals surface area (Å²) in [5.74, 6) is 1.47. The van der Waals surface area contributed by atoms with Crippen molar-refractivity contribution in [2.45, 2.75) is 43.8 Å². The normalized spacial score (nSPS) is 10.9. The second kappa shape index (κ2) is 10.8. The summed E-state index contributed by atoms with van der Waals surface area (Å²) >= 11 is 2.88. The highest BCUT2D eigenvalue weighted by Crippen LogP contribution is 2.26. The molecule has 0 aliphatic rings. The van der Waals surface area contributed by atoms with E-state index in [4.69, 9.17) is 0 Å². The van der Waals surface area contributed by atoms with Crippen LogP contribution >= 0.6 is 23.5 Å². The molecule has 1 amide bonds. The average molecular weight is 491 g/mol. The van der Waals surface area contributed by atoms with Gasteiger partial charge in [0.05, 0.1) is 11.5 Å². The second-order valence-corrected chi connectivity index (χ2v) is 9.81. The van der Waals surface area contributed by atoms with Crippen molar-refractivity contribution in [1.82, 2.24) is 24.7 Å². The Morgan fingerprint density at radius 1 is 0.882 bits per heavy atom. The molecule has 9 heteroatoms. The van der Waals surface area contributed by atoms with Gasteiger partial charge >= 0.3 is 0 Å². The minimum atomic E-state index is -0.0876. The number of aromatic nitrogens is 5. The van der Waals surface area contributed by atoms with Crippen LogP contribution in [0, 0.1) is 27.7 Å². The number of aryl methyl sites for hydroxylation is 4. The highest BCUT2D eigenvalue weighted by molar-refractivity contribution is 7.99. The first-order valence-electron chi connectivity index (χ1n) is 10.8. The van der Waals surface area contributed by atoms with E-state index in [2.05, 4.69) is 32.4 Å². The predicted molar refractivity (Wildman–Crippen MR) is 138 cm³/mol. The third-order valence-corrected chi connectivity index (χ3v) is 6.90. The van der Waals surface area contributed by atoms with Gasteiger partial charge in [0.2, 0.25) is 5.91 Å². The van der Waals surface area contributed by atoms with Gasteiger partial charge in [-0.15, -0.1) is 10.2 Å². The summed E-state index contributed by atoms with van der Waals surface area (Å²) in [6.45, 7) is 8.01. The van der Waals surface area contributed by atoms with E-state index in [0.717, 1.165) is 34.2 Å². The molecule has 2 aromatic carbocycles. The van der Waals surface area contributed by atoms with Crippen molar-refractivity contribution in [2.24, 2.45) is 0 Å². The van der Waals surface area contributed by atoms with E-state index in [1.165, 1.54) is 29.1 Å². The van der Waals surface area contributed by atoms with E-state index in [9.17, 15) is 4.79 Å². The van der Waals surface area contributed by atoms with Gasteiger partial charge in [0.15, 0.2) is 10.3 Å². The van der Waals surface area contributed by atoms with Gasteiger partial charge in [0, 0.05) is 22.8 Å². The molecule has 4 rings (SSSR count). The number of thioether (sulfide) groups is 2. The SMILES string of the molecule is Cc1cc(C)nc(SCc2nnc(SCC(=O)Nc3ccc(C)c(C)c3)n2-c2ccccc2)n1. The Morgan fingerprint density at radius 2 is 1.62 bits per heavy atom. The van der Waals surface area contributed by atoms with E-state index in [1.807, 2.05) is 79.9 Å². The first-order chi connectivity index (χ1) is 16.4. The summed E-state index contributed by atoms with van der Waals surface area (Å²) in [4.78, 5) is 21.6. The minimum Gasteiger partial charge on any atom is -0.325 e. The number of carbonyl (C=O) groups is 1. The van der Waals surface area contributed by atoms with Crippen LogP contribution in [0.3, 0.4) is 0 Å². The van der Waals surface area contributed by atoms with Crippen LogP contribution in [0.1, 0.15) is 28.3 Å². The Hall–Kier alpha value is -3.17. The van der Waals surface area contributed by atoms with E-state index < -0.39 is 0 Å². The average Bonchev–Trinajstić information content (AvgIpc) is 3.21. The lowest BCUT2D eigenvalue weighted by Crippen LogP contribution is -2.14. The number of nitrogens with zero attached hydrogens (tertiary/aromatic N) is 5. The van der Waals surface area contributed by atoms with Crippen LogP contribution in [0.15, 0.2) is 64.9 Å². The highest BCUT2D eigenvalue weighted by atomic mass is 32.2. The van der Waals surface area contributed by atoms with Crippen LogP contribution in [0.2, 0.25) is 0 Å². The molecule has 0 bridgehead atoms. The van der Waals surface area contributed by atoms with Gasteiger partial charge < -0.3 is 5.32 Å². The number of para-hydroxylation sites is 1. The molecule has 4 aromatic rings. The molecule has 0 atom stereocenters. The van der Waals surface area contributed by atoms with Crippen molar-refractivity contribution in [1.29, 1.82) is 0 Å². The Bertz CT molecular complexity index is 1290. The summed E-state index contributed by atoms with van der Waals surface area (Å²) in [6, 6.07) is 17.8. The highest BCUT2D eigenvalue weighted by Gasteiger charge is 2.17. The van der Waals surface area contributed by atoms with E-state index in [-0.39, 0.29) is 11.7 Å². The van der Waals surface area contributed by atoms with Crippen LogP contribution < -0.4 is 5.32 Å². The van der Waals surface area contributed by atoms with Crippen molar-refractivity contribution in [3.8, 4) is 5.69 Å². The van der Waals surface area contributed by atoms with Crippen LogP contribution in [0.4, 0.5) is 5.69 Å². The molecule has 2 aromatic heterocycles. The van der Waals surface area contributed by atoms with Crippen LogP contribution in [0.25, 0.3) is 5.69 Å². The Kier molecular flexibility index (Phi) is 7.64. The van der Waals surface area contributed by atoms with E-state index >= 15 is 0 Å². The van der Waals surface area contributed by atoms with E-state index in [1.54, 1.807) is 0 Å². The molecular weight excluding hydrogens is 464 g/mol. The van der Waals surface area contributed by atoms with Gasteiger partial charge in [-0.2, -0.15) is 0 Å². The quantitative estimate of drug-likeness (QED) is 0.264. The molecule has 34 heavy (non-hydrogen) atoms. The van der Waals surface area contributed by atoms with Gasteiger partial charge in [-0.25, -0.2) is 9.97 Å². The van der Waals surface area contributed by atoms with Crippen molar-refractivity contribution < 1.29 is 4.79 Å². The third-order valence-electron chi connectivity index (χ3n) is 5.13. The largest absolute Gasteiger partial charge is 0.325 e. The fraction of sp³-hybridized carbons (Fsp3) is 0.240. The second-order valence-electron chi connectivity index (χ2n) is 7.93. The molecule has 7 nitrogen and oxygen atoms in total. The number of amides is 1. The summed E-state index contributed by atoms with van der Waals surface area (Å²) < 4.78 is 1.99. The van der Waals surface area contributed by atoms with Crippen molar-refractivity contribution in [2.75, 3.05) is 11.1 Å². The van der Waals surface area contributed by atoms with Crippen LogP contribution in [0.5, 0.6) is 0 Å². The van der Waals surface area contributed by atoms with E-state index in [0.29, 0.717) is 16.1 Å². The molecule has 174 valence electrons. The van der Waals surface area contributed by atoms with Crippen molar-refractivity contribution in [3.05, 3.63) is 82.9 Å². The maximum Gasteiger partial charge on any atom is 0.234 e. The van der Waals surface area contributed by atoms with Gasteiger partial charge in [0.25, 0.3) is 0 Å². The first-order valence-corrected chi connectivity index (χ1v) is 12.8. The van der Waals surface area contributed by atoms with Crippen molar-refractivity contribution in [3.63, 3.8) is 0 Å². The number of hydrogen-bond acceptors (Lipinski definition) is 7. The number of nitrogens with one attached hydrogen (secondary N) is 1. The predicted octanol–water partition coefficient (Wildman–Crippen LogP) is 5.31. The lowest BCUT2D eigenvalue weighted by molar-refractivity contribution is -0.113. The van der Waals surface area contributed by atoms with Gasteiger partial charge in [-0.05, 0) is 69.2 Å². The molecule has 2 heterocycles. The lowest BCUT2D eigenvalue weighted by atomic mass is 10.1. The zero-order chi connectivity index (χ0) is 24.1. The standard InChI is InChI=1S/C25H26N6OS2/c1-16-10-11-20(12-17(16)2)28-23(32)15-34-25-30-29-22(31(25)21-8-6-5-7-9-21)14-33-24-26-18(3)13-19(4)27-24/h5-13H,14-15H2,1-4H3,(H,28,32). The molecule has 0 radical (unpaired) electrons. The lowest BCUT2D eigenvalue weighted by Gasteiger charge is -2.11. The van der Waals surface area contributed by atoms with Crippen molar-refractivity contribution >= 4 is 35.1 Å². The number of rotatable bonds is 8. The fourth-order valence-electron chi connectivity index (χ4n) is 3.36. The minimum absolute atomic E-state index is 0.0876. The third kappa shape index (κ3) is 6.03. The summed E-state index contributed by atoms with van der Waals surface area (Å²) in [5.41, 5.74) is 5.95. The zero-order valence-corrected chi connectivity index (χ0v) is 21.2. The van der Waals surface area contributed by atoms with Gasteiger partial charge in [-0.1, -0.05) is 47.8 Å². The molecular formula is C25H26N6OS2. The topological polar surface area (TPSA) is 85.6 Å². The van der Waals surface area contributed by atoms with Crippen LogP contribution in [-0.2, 0) is 10.5 Å². The smallest absolute Gasteiger partial charge is 0.234 e. The molecule has 0 spiro atoms. The maximum absolute atomic E-state index is 12.6. The van der Waals surface area contributed by atoms with Gasteiger partial charge in [-0.3, -0.25) is 9.36 Å². The zero-order valence-electron chi connectivity index (χ0n) is 19.6. The number of anilines is 1. The summed E-state index contributed by atoms with van der Waals surface area (Å²) in [5, 5.41) is 13.1. The summed E-state index contributed by atoms with van der Waals surface area (Å²) in [6.07, 6.45) is 0. The number of carbonyl (C=O) groups excluding carboxylic acids is 1. The molecule has 0 saturated carbocycles. The summed E-state index contributed by atoms with van der Waals surface area (Å²) in [7, 11) is 0. The fourth-order valence-corrected chi connectivity index (χ4v) is 4.99. The number of hydrogen-bond donors (Lipinski definition) is 1. The molecule has 0 saturated heterocycles. The molecule has 0 aliphatic carbocycles. The number of benzene rings is 2. The Balaban J connectivity index is 1.50. The maximum atomic E-state index is 12.6. The van der Waals surface area contributed by atoms with Crippen LogP contribution in [-0.4, -0.2) is 36.4 Å². The first kappa shape index (κ1) is 24.0. The Morgan fingerprint density at radius 3 is 2.32 bits per heavy atom.